The zero-order chi connectivity index (χ0) is 17.1. The highest BCUT2D eigenvalue weighted by atomic mass is 79.9. The molecule has 1 saturated heterocycles. The number of amides is 1. The fourth-order valence-electron chi connectivity index (χ4n) is 3.34. The van der Waals surface area contributed by atoms with Gasteiger partial charge in [-0.3, -0.25) is 4.79 Å². The summed E-state index contributed by atoms with van der Waals surface area (Å²) in [5.74, 6) is 1.34. The number of carbonyl (C=O) groups is 1. The maximum Gasteiger partial charge on any atom is 0.253 e. The van der Waals surface area contributed by atoms with E-state index in [9.17, 15) is 4.79 Å². The lowest BCUT2D eigenvalue weighted by Gasteiger charge is -2.17. The molecule has 0 saturated carbocycles. The average molecular weight is 426 g/mol. The van der Waals surface area contributed by atoms with Gasteiger partial charge in [0.15, 0.2) is 0 Å². The third kappa shape index (κ3) is 4.17. The first-order chi connectivity index (χ1) is 11.6. The summed E-state index contributed by atoms with van der Waals surface area (Å²) in [6, 6.07) is 15.7. The highest BCUT2D eigenvalue weighted by Gasteiger charge is 2.35. The zero-order valence-corrected chi connectivity index (χ0v) is 16.4. The SMILES string of the molecule is COc1ccc(C(=O)N2C[C@@H](CN)[C@H](c3ccccc3)C2)cc1Br.Cl. The first kappa shape index (κ1) is 19.8. The Bertz CT molecular complexity index is 727. The van der Waals surface area contributed by atoms with Gasteiger partial charge in [0.05, 0.1) is 11.6 Å². The number of nitrogens with two attached hydrogens (primary N) is 1. The minimum atomic E-state index is 0. The van der Waals surface area contributed by atoms with Crippen LogP contribution in [0.1, 0.15) is 21.8 Å². The first-order valence-corrected chi connectivity index (χ1v) is 8.81. The Morgan fingerprint density at radius 3 is 2.56 bits per heavy atom. The molecule has 0 bridgehead atoms. The van der Waals surface area contributed by atoms with E-state index in [2.05, 4.69) is 28.1 Å². The molecule has 2 aromatic carbocycles. The highest BCUT2D eigenvalue weighted by molar-refractivity contribution is 9.10. The number of likely N-dealkylation sites (tertiary alicyclic amines) is 1. The molecule has 25 heavy (non-hydrogen) atoms. The van der Waals surface area contributed by atoms with E-state index in [0.717, 1.165) is 10.2 Å². The van der Waals surface area contributed by atoms with Gasteiger partial charge in [0, 0.05) is 24.6 Å². The predicted octanol–water partition coefficient (Wildman–Crippen LogP) is 3.69. The third-order valence-corrected chi connectivity index (χ3v) is 5.28. The van der Waals surface area contributed by atoms with Gasteiger partial charge < -0.3 is 15.4 Å². The minimum absolute atomic E-state index is 0. The molecule has 1 aliphatic heterocycles. The van der Waals surface area contributed by atoms with Crippen LogP contribution in [0.3, 0.4) is 0 Å². The van der Waals surface area contributed by atoms with Gasteiger partial charge in [0.2, 0.25) is 0 Å². The molecule has 1 amide bonds. The molecule has 0 radical (unpaired) electrons. The normalized spacial score (nSPS) is 19.4. The number of methoxy groups -OCH3 is 1. The summed E-state index contributed by atoms with van der Waals surface area (Å²) in [6.45, 7) is 1.97. The fraction of sp³-hybridized carbons (Fsp3) is 0.316. The molecule has 2 atom stereocenters. The van der Waals surface area contributed by atoms with Crippen molar-refractivity contribution in [2.45, 2.75) is 5.92 Å². The van der Waals surface area contributed by atoms with E-state index in [0.29, 0.717) is 31.1 Å². The second-order valence-electron chi connectivity index (χ2n) is 6.07. The van der Waals surface area contributed by atoms with Gasteiger partial charge in [-0.15, -0.1) is 12.4 Å². The van der Waals surface area contributed by atoms with Crippen molar-refractivity contribution < 1.29 is 9.53 Å². The van der Waals surface area contributed by atoms with Crippen molar-refractivity contribution in [3.05, 3.63) is 64.1 Å². The molecule has 0 unspecified atom stereocenters. The number of nitrogens with zero attached hydrogens (tertiary/aromatic N) is 1. The number of ether oxygens (including phenoxy) is 1. The summed E-state index contributed by atoms with van der Waals surface area (Å²) in [6.07, 6.45) is 0. The summed E-state index contributed by atoms with van der Waals surface area (Å²) >= 11 is 3.44. The predicted molar refractivity (Wildman–Crippen MR) is 106 cm³/mol. The molecule has 0 aromatic heterocycles. The van der Waals surface area contributed by atoms with Crippen molar-refractivity contribution >= 4 is 34.2 Å². The summed E-state index contributed by atoms with van der Waals surface area (Å²) in [4.78, 5) is 14.8. The second kappa shape index (κ2) is 8.70. The maximum absolute atomic E-state index is 12.9. The summed E-state index contributed by atoms with van der Waals surface area (Å²) in [5, 5.41) is 0. The van der Waals surface area contributed by atoms with E-state index in [1.807, 2.05) is 35.2 Å². The van der Waals surface area contributed by atoms with E-state index in [4.69, 9.17) is 10.5 Å². The van der Waals surface area contributed by atoms with Gasteiger partial charge in [0.25, 0.3) is 5.91 Å². The van der Waals surface area contributed by atoms with Gasteiger partial charge in [-0.2, -0.15) is 0 Å². The maximum atomic E-state index is 12.9. The molecule has 3 rings (SSSR count). The third-order valence-electron chi connectivity index (χ3n) is 4.66. The Morgan fingerprint density at radius 2 is 1.96 bits per heavy atom. The van der Waals surface area contributed by atoms with Crippen LogP contribution in [0.4, 0.5) is 0 Å². The number of rotatable bonds is 4. The van der Waals surface area contributed by atoms with Crippen LogP contribution in [0.15, 0.2) is 53.0 Å². The van der Waals surface area contributed by atoms with Crippen molar-refractivity contribution in [3.63, 3.8) is 0 Å². The van der Waals surface area contributed by atoms with Crippen molar-refractivity contribution in [2.24, 2.45) is 11.7 Å². The van der Waals surface area contributed by atoms with Crippen molar-refractivity contribution in [2.75, 3.05) is 26.7 Å². The molecule has 2 aromatic rings. The van der Waals surface area contributed by atoms with E-state index in [1.54, 1.807) is 13.2 Å². The molecule has 6 heteroatoms. The van der Waals surface area contributed by atoms with Gasteiger partial charge in [-0.1, -0.05) is 30.3 Å². The Hall–Kier alpha value is -1.56. The average Bonchev–Trinajstić information content (AvgIpc) is 3.06. The van der Waals surface area contributed by atoms with Crippen LogP contribution in [0, 0.1) is 5.92 Å². The van der Waals surface area contributed by atoms with Gasteiger partial charge in [-0.05, 0) is 52.2 Å². The van der Waals surface area contributed by atoms with Gasteiger partial charge in [-0.25, -0.2) is 0 Å². The standard InChI is InChI=1S/C19H21BrN2O2.ClH/c1-24-18-8-7-14(9-17(18)20)19(23)22-11-15(10-21)16(12-22)13-5-3-2-4-6-13;/h2-9,15-16H,10-12,21H2,1H3;1H/t15-,16+;/m1./s1. The van der Waals surface area contributed by atoms with Crippen LogP contribution in [0.5, 0.6) is 5.75 Å². The molecule has 2 N–H and O–H groups in total. The van der Waals surface area contributed by atoms with Crippen LogP contribution < -0.4 is 10.5 Å². The van der Waals surface area contributed by atoms with E-state index in [1.165, 1.54) is 5.56 Å². The lowest BCUT2D eigenvalue weighted by Crippen LogP contribution is -2.29. The zero-order valence-electron chi connectivity index (χ0n) is 14.0. The topological polar surface area (TPSA) is 55.6 Å². The summed E-state index contributed by atoms with van der Waals surface area (Å²) < 4.78 is 6.01. The molecule has 0 spiro atoms. The number of hydrogen-bond acceptors (Lipinski definition) is 3. The molecule has 134 valence electrons. The lowest BCUT2D eigenvalue weighted by atomic mass is 9.89. The molecule has 0 aliphatic carbocycles. The van der Waals surface area contributed by atoms with Crippen molar-refractivity contribution in [3.8, 4) is 5.75 Å². The molecular formula is C19H22BrClN2O2. The number of carbonyl (C=O) groups excluding carboxylic acids is 1. The van der Waals surface area contributed by atoms with E-state index < -0.39 is 0 Å². The molecule has 4 nitrogen and oxygen atoms in total. The van der Waals surface area contributed by atoms with Crippen LogP contribution >= 0.6 is 28.3 Å². The largest absolute Gasteiger partial charge is 0.496 e. The van der Waals surface area contributed by atoms with E-state index >= 15 is 0 Å². The monoisotopic (exact) mass is 424 g/mol. The first-order valence-electron chi connectivity index (χ1n) is 8.02. The van der Waals surface area contributed by atoms with Gasteiger partial charge in [0.1, 0.15) is 5.75 Å². The molecule has 1 fully saturated rings. The Labute approximate surface area is 162 Å². The number of benzene rings is 2. The Morgan fingerprint density at radius 1 is 1.24 bits per heavy atom. The second-order valence-corrected chi connectivity index (χ2v) is 6.93. The lowest BCUT2D eigenvalue weighted by molar-refractivity contribution is 0.0786. The summed E-state index contributed by atoms with van der Waals surface area (Å²) in [7, 11) is 1.61. The van der Waals surface area contributed by atoms with Crippen LogP contribution in [-0.2, 0) is 0 Å². The van der Waals surface area contributed by atoms with Crippen LogP contribution in [0.2, 0.25) is 0 Å². The number of hydrogen-bond donors (Lipinski definition) is 1. The minimum Gasteiger partial charge on any atom is -0.496 e. The Balaban J connectivity index is 0.00000225. The fourth-order valence-corrected chi connectivity index (χ4v) is 3.88. The smallest absolute Gasteiger partial charge is 0.253 e. The van der Waals surface area contributed by atoms with Gasteiger partial charge >= 0.3 is 0 Å². The number of halogens is 2. The molecule has 1 aliphatic rings. The van der Waals surface area contributed by atoms with Crippen LogP contribution in [0.25, 0.3) is 0 Å². The quantitative estimate of drug-likeness (QED) is 0.813. The van der Waals surface area contributed by atoms with Crippen LogP contribution in [-0.4, -0.2) is 37.6 Å². The Kier molecular flexibility index (Phi) is 6.87. The summed E-state index contributed by atoms with van der Waals surface area (Å²) in [5.41, 5.74) is 7.87. The van der Waals surface area contributed by atoms with Crippen molar-refractivity contribution in [1.82, 2.24) is 4.90 Å². The van der Waals surface area contributed by atoms with E-state index in [-0.39, 0.29) is 24.2 Å². The molecule has 1 heterocycles. The molecular weight excluding hydrogens is 404 g/mol. The highest BCUT2D eigenvalue weighted by Crippen LogP contribution is 2.33. The van der Waals surface area contributed by atoms with Crippen molar-refractivity contribution in [1.29, 1.82) is 0 Å².